The maximum absolute atomic E-state index is 12.3. The van der Waals surface area contributed by atoms with Crippen molar-refractivity contribution in [3.63, 3.8) is 0 Å². The topological polar surface area (TPSA) is 131 Å². The molecule has 0 spiro atoms. The zero-order valence-corrected chi connectivity index (χ0v) is 15.5. The Labute approximate surface area is 166 Å². The number of nitrogens with zero attached hydrogens (tertiary/aromatic N) is 3. The third-order valence-corrected chi connectivity index (χ3v) is 4.51. The van der Waals surface area contributed by atoms with Crippen LogP contribution in [0.15, 0.2) is 65.8 Å². The Morgan fingerprint density at radius 1 is 1.10 bits per heavy atom. The minimum absolute atomic E-state index is 0.288. The average molecular weight is 397 g/mol. The van der Waals surface area contributed by atoms with E-state index in [-0.39, 0.29) is 5.56 Å². The molecule has 0 aliphatic carbocycles. The molecule has 1 aliphatic rings. The lowest BCUT2D eigenvalue weighted by atomic mass is 10.0. The number of carbonyl (C=O) groups excluding carboxylic acids is 2. The summed E-state index contributed by atoms with van der Waals surface area (Å²) >= 11 is 0. The maximum Gasteiger partial charge on any atom is 0.338 e. The molecule has 1 aliphatic heterocycles. The third-order valence-electron chi connectivity index (χ3n) is 4.51. The molecule has 2 aromatic carbocycles. The van der Waals surface area contributed by atoms with E-state index in [4.69, 9.17) is 19.7 Å². The Bertz CT molecular complexity index is 916. The van der Waals surface area contributed by atoms with Crippen molar-refractivity contribution >= 4 is 11.9 Å². The fourth-order valence-electron chi connectivity index (χ4n) is 3.03. The summed E-state index contributed by atoms with van der Waals surface area (Å²) in [6.45, 7) is 1.01. The van der Waals surface area contributed by atoms with Crippen molar-refractivity contribution in [2.75, 3.05) is 6.61 Å². The Hall–Kier alpha value is -3.39. The second-order valence-corrected chi connectivity index (χ2v) is 6.48. The number of rotatable bonds is 6. The normalized spacial score (nSPS) is 25.7. The number of esters is 2. The Morgan fingerprint density at radius 3 is 2.21 bits per heavy atom. The lowest BCUT2D eigenvalue weighted by Gasteiger charge is -2.26. The predicted octanol–water partition coefficient (Wildman–Crippen LogP) is 2.86. The first-order chi connectivity index (χ1) is 14.0. The van der Waals surface area contributed by atoms with Crippen LogP contribution in [0.25, 0.3) is 10.4 Å². The van der Waals surface area contributed by atoms with E-state index in [0.717, 1.165) is 0 Å². The lowest BCUT2D eigenvalue weighted by molar-refractivity contribution is -0.107. The number of hydrogen-bond donors (Lipinski definition) is 1. The van der Waals surface area contributed by atoms with Gasteiger partial charge in [0.2, 0.25) is 5.72 Å². The Balaban J connectivity index is 1.74. The van der Waals surface area contributed by atoms with Crippen molar-refractivity contribution in [3.05, 3.63) is 82.2 Å². The number of aliphatic hydroxyl groups excluding tert-OH is 1. The highest BCUT2D eigenvalue weighted by Gasteiger charge is 2.56. The van der Waals surface area contributed by atoms with Crippen LogP contribution in [0, 0.1) is 0 Å². The van der Waals surface area contributed by atoms with Crippen LogP contribution in [-0.2, 0) is 14.2 Å². The molecule has 0 aromatic heterocycles. The Morgan fingerprint density at radius 2 is 1.66 bits per heavy atom. The van der Waals surface area contributed by atoms with Crippen molar-refractivity contribution < 1.29 is 28.9 Å². The van der Waals surface area contributed by atoms with Gasteiger partial charge in [0.25, 0.3) is 0 Å². The smallest absolute Gasteiger partial charge is 0.338 e. The Kier molecular flexibility index (Phi) is 6.13. The van der Waals surface area contributed by atoms with Crippen LogP contribution in [0.4, 0.5) is 0 Å². The van der Waals surface area contributed by atoms with Crippen LogP contribution in [0.3, 0.4) is 0 Å². The van der Waals surface area contributed by atoms with Crippen molar-refractivity contribution in [3.8, 4) is 0 Å². The van der Waals surface area contributed by atoms with E-state index < -0.39 is 42.6 Å². The molecule has 9 nitrogen and oxygen atoms in total. The molecule has 0 radical (unpaired) electrons. The number of ether oxygens (including phenoxy) is 3. The summed E-state index contributed by atoms with van der Waals surface area (Å²) in [5.41, 5.74) is 7.61. The molecule has 0 unspecified atom stereocenters. The van der Waals surface area contributed by atoms with Gasteiger partial charge in [-0.3, -0.25) is 0 Å². The van der Waals surface area contributed by atoms with Gasteiger partial charge in [-0.15, -0.1) is 0 Å². The molecule has 1 heterocycles. The monoisotopic (exact) mass is 397 g/mol. The van der Waals surface area contributed by atoms with Crippen molar-refractivity contribution in [1.82, 2.24) is 0 Å². The summed E-state index contributed by atoms with van der Waals surface area (Å²) in [4.78, 5) is 27.2. The van der Waals surface area contributed by atoms with Crippen LogP contribution < -0.4 is 0 Å². The number of carbonyl (C=O) groups is 2. The van der Waals surface area contributed by atoms with Gasteiger partial charge in [0.1, 0.15) is 12.7 Å². The maximum atomic E-state index is 12.3. The van der Waals surface area contributed by atoms with E-state index >= 15 is 0 Å². The molecule has 29 heavy (non-hydrogen) atoms. The first-order valence-electron chi connectivity index (χ1n) is 8.87. The highest BCUT2D eigenvalue weighted by Crippen LogP contribution is 2.35. The summed E-state index contributed by atoms with van der Waals surface area (Å²) in [6.07, 6.45) is -3.47. The van der Waals surface area contributed by atoms with Crippen LogP contribution in [-0.4, -0.2) is 47.7 Å². The van der Waals surface area contributed by atoms with Crippen LogP contribution >= 0.6 is 0 Å². The van der Waals surface area contributed by atoms with Gasteiger partial charge in [-0.25, -0.2) is 9.59 Å². The average Bonchev–Trinajstić information content (AvgIpc) is 2.98. The molecule has 4 atom stereocenters. The van der Waals surface area contributed by atoms with Gasteiger partial charge >= 0.3 is 11.9 Å². The number of hydrogen-bond acceptors (Lipinski definition) is 7. The molecular weight excluding hydrogens is 378 g/mol. The number of benzene rings is 2. The van der Waals surface area contributed by atoms with Gasteiger partial charge < -0.3 is 19.3 Å². The predicted molar refractivity (Wildman–Crippen MR) is 101 cm³/mol. The van der Waals surface area contributed by atoms with E-state index in [2.05, 4.69) is 10.0 Å². The molecule has 0 amide bonds. The van der Waals surface area contributed by atoms with Gasteiger partial charge in [0.15, 0.2) is 6.10 Å². The largest absolute Gasteiger partial charge is 0.459 e. The summed E-state index contributed by atoms with van der Waals surface area (Å²) in [5, 5.41) is 14.2. The van der Waals surface area contributed by atoms with Crippen LogP contribution in [0.2, 0.25) is 0 Å². The molecule has 150 valence electrons. The lowest BCUT2D eigenvalue weighted by Crippen LogP contribution is -2.46. The van der Waals surface area contributed by atoms with Crippen molar-refractivity contribution in [2.45, 2.75) is 31.0 Å². The first-order valence-corrected chi connectivity index (χ1v) is 8.87. The zero-order valence-electron chi connectivity index (χ0n) is 15.5. The molecule has 0 saturated carbocycles. The molecule has 0 bridgehead atoms. The minimum atomic E-state index is -1.92. The first kappa shape index (κ1) is 20.3. The molecule has 1 N–H and O–H groups in total. The molecule has 1 fully saturated rings. The van der Waals surface area contributed by atoms with E-state index in [0.29, 0.717) is 5.56 Å². The van der Waals surface area contributed by atoms with Crippen molar-refractivity contribution in [1.29, 1.82) is 0 Å². The summed E-state index contributed by atoms with van der Waals surface area (Å²) in [6, 6.07) is 16.4. The molecule has 3 rings (SSSR count). The van der Waals surface area contributed by atoms with E-state index in [9.17, 15) is 14.7 Å². The fourth-order valence-corrected chi connectivity index (χ4v) is 3.03. The molecule has 9 heteroatoms. The number of aliphatic hydroxyl groups is 1. The van der Waals surface area contributed by atoms with Gasteiger partial charge in [0.05, 0.1) is 17.2 Å². The summed E-state index contributed by atoms with van der Waals surface area (Å²) in [5.74, 6) is -1.34. The minimum Gasteiger partial charge on any atom is -0.459 e. The standard InChI is InChI=1S/C20H19N3O6/c1-13-16(28-19(26)15-10-6-3-7-11-15)17(24)20(29-13,22-23-21)12-27-18(25)14-8-4-2-5-9-14/h2-11,13,16-17,24H,12H2,1H3/t13-,16-,17-,20+/m0/s1. The SMILES string of the molecule is C[C@@H]1O[C@@](COC(=O)c2ccccc2)(N=[N+]=[N-])[C@@H](O)[C@H]1OC(=O)c1ccccc1. The molecule has 2 aromatic rings. The van der Waals surface area contributed by atoms with Gasteiger partial charge in [0, 0.05) is 4.91 Å². The van der Waals surface area contributed by atoms with Gasteiger partial charge in [-0.1, -0.05) is 41.5 Å². The fraction of sp³-hybridized carbons (Fsp3) is 0.300. The highest BCUT2D eigenvalue weighted by molar-refractivity contribution is 5.90. The second-order valence-electron chi connectivity index (χ2n) is 6.48. The molecular formula is C20H19N3O6. The molecule has 1 saturated heterocycles. The van der Waals surface area contributed by atoms with Crippen molar-refractivity contribution in [2.24, 2.45) is 5.11 Å². The van der Waals surface area contributed by atoms with E-state index in [1.807, 2.05) is 0 Å². The summed E-state index contributed by atoms with van der Waals surface area (Å²) in [7, 11) is 0. The van der Waals surface area contributed by atoms with Gasteiger partial charge in [-0.05, 0) is 36.7 Å². The third kappa shape index (κ3) is 4.38. The van der Waals surface area contributed by atoms with Crippen LogP contribution in [0.1, 0.15) is 27.6 Å². The summed E-state index contributed by atoms with van der Waals surface area (Å²) < 4.78 is 16.2. The van der Waals surface area contributed by atoms with E-state index in [1.54, 1.807) is 67.6 Å². The zero-order chi connectivity index (χ0) is 20.9. The van der Waals surface area contributed by atoms with Gasteiger partial charge in [-0.2, -0.15) is 0 Å². The van der Waals surface area contributed by atoms with Crippen LogP contribution in [0.5, 0.6) is 0 Å². The highest BCUT2D eigenvalue weighted by atomic mass is 16.6. The van der Waals surface area contributed by atoms with E-state index in [1.165, 1.54) is 0 Å². The quantitative estimate of drug-likeness (QED) is 0.345. The second kappa shape index (κ2) is 8.74. The number of azide groups is 1.